The third kappa shape index (κ3) is 2.42. The molecule has 16 heavy (non-hydrogen) atoms. The zero-order valence-electron chi connectivity index (χ0n) is 8.52. The topological polar surface area (TPSA) is 58.6 Å². The number of hydrogen-bond acceptors (Lipinski definition) is 3. The van der Waals surface area contributed by atoms with Crippen molar-refractivity contribution in [3.63, 3.8) is 0 Å². The van der Waals surface area contributed by atoms with E-state index < -0.39 is 12.1 Å². The van der Waals surface area contributed by atoms with Crippen molar-refractivity contribution in [2.45, 2.75) is 12.1 Å². The van der Waals surface area contributed by atoms with Crippen LogP contribution in [0.25, 0.3) is 0 Å². The number of hydrogen-bond donors (Lipinski definition) is 2. The van der Waals surface area contributed by atoms with Crippen LogP contribution >= 0.6 is 15.9 Å². The fraction of sp³-hybridized carbons (Fsp3) is 0.364. The van der Waals surface area contributed by atoms with Gasteiger partial charge in [-0.15, -0.1) is 0 Å². The van der Waals surface area contributed by atoms with Crippen molar-refractivity contribution < 1.29 is 14.6 Å². The molecular formula is C11H12BrNO3. The van der Waals surface area contributed by atoms with Crippen molar-refractivity contribution in [1.82, 2.24) is 5.32 Å². The largest absolute Gasteiger partial charge is 0.479 e. The zero-order chi connectivity index (χ0) is 11.5. The number of morpholine rings is 1. The number of carbonyl (C=O) groups is 1. The van der Waals surface area contributed by atoms with Gasteiger partial charge in [0.05, 0.1) is 12.6 Å². The van der Waals surface area contributed by atoms with E-state index in [0.717, 1.165) is 10.0 Å². The Morgan fingerprint density at radius 1 is 1.50 bits per heavy atom. The molecular weight excluding hydrogens is 274 g/mol. The van der Waals surface area contributed by atoms with Crippen LogP contribution in [-0.2, 0) is 9.53 Å². The highest BCUT2D eigenvalue weighted by Gasteiger charge is 2.27. The van der Waals surface area contributed by atoms with E-state index in [1.165, 1.54) is 0 Å². The van der Waals surface area contributed by atoms with Gasteiger partial charge in [-0.25, -0.2) is 4.79 Å². The van der Waals surface area contributed by atoms with E-state index in [0.29, 0.717) is 13.2 Å². The lowest BCUT2D eigenvalue weighted by Gasteiger charge is -2.28. The van der Waals surface area contributed by atoms with E-state index in [9.17, 15) is 4.79 Å². The maximum Gasteiger partial charge on any atom is 0.334 e. The second kappa shape index (κ2) is 4.95. The van der Waals surface area contributed by atoms with Gasteiger partial charge < -0.3 is 15.2 Å². The summed E-state index contributed by atoms with van der Waals surface area (Å²) in [7, 11) is 0. The van der Waals surface area contributed by atoms with Crippen molar-refractivity contribution >= 4 is 21.9 Å². The highest BCUT2D eigenvalue weighted by Crippen LogP contribution is 2.25. The molecule has 0 radical (unpaired) electrons. The number of aliphatic carboxylic acids is 1. The standard InChI is InChI=1S/C11H12BrNO3/c12-8-4-2-1-3-7(8)9-6-16-10(5-13-9)11(14)15/h1-4,9-10,13H,5-6H2,(H,14,15). The minimum atomic E-state index is -0.918. The fourth-order valence-electron chi connectivity index (χ4n) is 1.70. The fourth-order valence-corrected chi connectivity index (χ4v) is 2.26. The Bertz CT molecular complexity index is 389. The van der Waals surface area contributed by atoms with E-state index in [1.54, 1.807) is 0 Å². The monoisotopic (exact) mass is 285 g/mol. The second-order valence-electron chi connectivity index (χ2n) is 3.64. The molecule has 0 saturated carbocycles. The van der Waals surface area contributed by atoms with Crippen molar-refractivity contribution in [3.8, 4) is 0 Å². The van der Waals surface area contributed by atoms with E-state index in [2.05, 4.69) is 21.2 Å². The minimum absolute atomic E-state index is 0.0474. The molecule has 1 aromatic carbocycles. The van der Waals surface area contributed by atoms with E-state index >= 15 is 0 Å². The summed E-state index contributed by atoms with van der Waals surface area (Å²) < 4.78 is 6.28. The molecule has 1 aliphatic rings. The molecule has 2 rings (SSSR count). The lowest BCUT2D eigenvalue weighted by Crippen LogP contribution is -2.45. The summed E-state index contributed by atoms with van der Waals surface area (Å²) in [6.45, 7) is 0.709. The van der Waals surface area contributed by atoms with Crippen molar-refractivity contribution in [1.29, 1.82) is 0 Å². The lowest BCUT2D eigenvalue weighted by molar-refractivity contribution is -0.153. The smallest absolute Gasteiger partial charge is 0.334 e. The van der Waals surface area contributed by atoms with Gasteiger partial charge in [0.25, 0.3) is 0 Å². The van der Waals surface area contributed by atoms with Crippen molar-refractivity contribution in [2.75, 3.05) is 13.2 Å². The summed E-state index contributed by atoms with van der Waals surface area (Å²) in [5.74, 6) is -0.918. The summed E-state index contributed by atoms with van der Waals surface area (Å²) in [5, 5.41) is 11.9. The number of carboxylic acid groups (broad SMARTS) is 1. The van der Waals surface area contributed by atoms with Crippen LogP contribution in [0, 0.1) is 0 Å². The van der Waals surface area contributed by atoms with Crippen molar-refractivity contribution in [2.24, 2.45) is 0 Å². The van der Waals surface area contributed by atoms with Crippen LogP contribution in [0.2, 0.25) is 0 Å². The van der Waals surface area contributed by atoms with Gasteiger partial charge in [-0.05, 0) is 11.6 Å². The maximum absolute atomic E-state index is 10.7. The van der Waals surface area contributed by atoms with E-state index in [1.807, 2.05) is 24.3 Å². The molecule has 1 saturated heterocycles. The molecule has 0 aliphatic carbocycles. The Morgan fingerprint density at radius 3 is 2.81 bits per heavy atom. The average molecular weight is 286 g/mol. The third-order valence-corrected chi connectivity index (χ3v) is 3.29. The Kier molecular flexibility index (Phi) is 3.58. The van der Waals surface area contributed by atoms with Gasteiger partial charge >= 0.3 is 5.97 Å². The highest BCUT2D eigenvalue weighted by molar-refractivity contribution is 9.10. The van der Waals surface area contributed by atoms with E-state index in [4.69, 9.17) is 9.84 Å². The van der Waals surface area contributed by atoms with Crippen LogP contribution in [-0.4, -0.2) is 30.3 Å². The average Bonchev–Trinajstić information content (AvgIpc) is 2.30. The molecule has 0 spiro atoms. The van der Waals surface area contributed by atoms with Gasteiger partial charge in [-0.2, -0.15) is 0 Å². The summed E-state index contributed by atoms with van der Waals surface area (Å²) in [6.07, 6.45) is -0.737. The highest BCUT2D eigenvalue weighted by atomic mass is 79.9. The Morgan fingerprint density at radius 2 is 2.25 bits per heavy atom. The molecule has 1 fully saturated rings. The predicted octanol–water partition coefficient (Wildman–Crippen LogP) is 1.56. The SMILES string of the molecule is O=C(O)C1CNC(c2ccccc2Br)CO1. The van der Waals surface area contributed by atoms with Crippen LogP contribution in [0.1, 0.15) is 11.6 Å². The predicted molar refractivity (Wildman–Crippen MR) is 62.3 cm³/mol. The maximum atomic E-state index is 10.7. The van der Waals surface area contributed by atoms with Gasteiger partial charge in [0.2, 0.25) is 0 Å². The van der Waals surface area contributed by atoms with Gasteiger partial charge in [0.1, 0.15) is 0 Å². The second-order valence-corrected chi connectivity index (χ2v) is 4.50. The number of halogens is 1. The molecule has 2 N–H and O–H groups in total. The molecule has 0 bridgehead atoms. The van der Waals surface area contributed by atoms with Crippen LogP contribution in [0.3, 0.4) is 0 Å². The van der Waals surface area contributed by atoms with Crippen molar-refractivity contribution in [3.05, 3.63) is 34.3 Å². The zero-order valence-corrected chi connectivity index (χ0v) is 10.1. The number of benzene rings is 1. The number of nitrogens with one attached hydrogen (secondary N) is 1. The number of carboxylic acids is 1. The van der Waals surface area contributed by atoms with Crippen LogP contribution < -0.4 is 5.32 Å². The Balaban J connectivity index is 2.05. The van der Waals surface area contributed by atoms with Crippen LogP contribution in [0.5, 0.6) is 0 Å². The first-order chi connectivity index (χ1) is 7.68. The van der Waals surface area contributed by atoms with Crippen LogP contribution in [0.4, 0.5) is 0 Å². The lowest BCUT2D eigenvalue weighted by atomic mass is 10.1. The van der Waals surface area contributed by atoms with Gasteiger partial charge in [-0.3, -0.25) is 0 Å². The Labute approximate surface area is 102 Å². The van der Waals surface area contributed by atoms with Crippen LogP contribution in [0.15, 0.2) is 28.7 Å². The molecule has 1 heterocycles. The first-order valence-corrected chi connectivity index (χ1v) is 5.80. The summed E-state index contributed by atoms with van der Waals surface area (Å²) in [5.41, 5.74) is 1.09. The summed E-state index contributed by atoms with van der Waals surface area (Å²) in [4.78, 5) is 10.7. The molecule has 1 aromatic rings. The molecule has 1 aliphatic heterocycles. The third-order valence-electron chi connectivity index (χ3n) is 2.57. The Hall–Kier alpha value is -0.910. The number of ether oxygens (including phenoxy) is 1. The minimum Gasteiger partial charge on any atom is -0.479 e. The molecule has 0 aromatic heterocycles. The molecule has 2 unspecified atom stereocenters. The van der Waals surface area contributed by atoms with Gasteiger partial charge in [0.15, 0.2) is 6.10 Å². The molecule has 4 nitrogen and oxygen atoms in total. The first-order valence-electron chi connectivity index (χ1n) is 5.00. The molecule has 86 valence electrons. The number of rotatable bonds is 2. The summed E-state index contributed by atoms with van der Waals surface area (Å²) >= 11 is 3.46. The van der Waals surface area contributed by atoms with Gasteiger partial charge in [-0.1, -0.05) is 34.1 Å². The summed E-state index contributed by atoms with van der Waals surface area (Å²) in [6, 6.07) is 7.89. The normalized spacial score (nSPS) is 25.3. The van der Waals surface area contributed by atoms with Gasteiger partial charge in [0, 0.05) is 11.0 Å². The molecule has 2 atom stereocenters. The molecule has 0 amide bonds. The quantitative estimate of drug-likeness (QED) is 0.866. The molecule has 5 heteroatoms. The van der Waals surface area contributed by atoms with E-state index in [-0.39, 0.29) is 6.04 Å². The first kappa shape index (κ1) is 11.6.